The molecule has 0 bridgehead atoms. The van der Waals surface area contributed by atoms with E-state index in [9.17, 15) is 9.59 Å². The first-order valence-electron chi connectivity index (χ1n) is 7.23. The van der Waals surface area contributed by atoms with Gasteiger partial charge in [0.1, 0.15) is 6.04 Å². The van der Waals surface area contributed by atoms with Crippen LogP contribution in [-0.2, 0) is 11.8 Å². The van der Waals surface area contributed by atoms with Crippen LogP contribution >= 0.6 is 11.6 Å². The number of hydrogen-bond acceptors (Lipinski definition) is 4. The number of carbonyl (C=O) groups excluding carboxylic acids is 2. The minimum absolute atomic E-state index is 0.145. The predicted molar refractivity (Wildman–Crippen MR) is 90.0 cm³/mol. The van der Waals surface area contributed by atoms with E-state index in [1.165, 1.54) is 12.3 Å². The van der Waals surface area contributed by atoms with E-state index in [-0.39, 0.29) is 11.7 Å². The Hall–Kier alpha value is -2.80. The lowest BCUT2D eigenvalue weighted by molar-refractivity contribution is -0.117. The number of anilines is 1. The van der Waals surface area contributed by atoms with Crippen molar-refractivity contribution in [2.45, 2.75) is 13.0 Å². The van der Waals surface area contributed by atoms with Crippen LogP contribution < -0.4 is 10.6 Å². The molecule has 2 amide bonds. The summed E-state index contributed by atoms with van der Waals surface area (Å²) in [4.78, 5) is 28.5. The summed E-state index contributed by atoms with van der Waals surface area (Å²) < 4.78 is 6.73. The van der Waals surface area contributed by atoms with Crippen LogP contribution in [0.25, 0.3) is 11.0 Å². The molecule has 2 aromatic heterocycles. The molecule has 1 aromatic carbocycles. The van der Waals surface area contributed by atoms with Crippen molar-refractivity contribution in [2.24, 2.45) is 7.05 Å². The maximum Gasteiger partial charge on any atom is 0.287 e. The molecule has 24 heavy (non-hydrogen) atoms. The minimum Gasteiger partial charge on any atom is -0.459 e. The second-order valence-electron chi connectivity index (χ2n) is 5.29. The molecule has 2 heterocycles. The van der Waals surface area contributed by atoms with Gasteiger partial charge in [0.15, 0.2) is 5.76 Å². The van der Waals surface area contributed by atoms with Crippen LogP contribution in [0, 0.1) is 0 Å². The lowest BCUT2D eigenvalue weighted by Crippen LogP contribution is -2.41. The fraction of sp³-hybridized carbons (Fsp3) is 0.188. The molecule has 124 valence electrons. The molecule has 7 nitrogen and oxygen atoms in total. The number of fused-ring (bicyclic) bond motifs is 1. The van der Waals surface area contributed by atoms with Crippen LogP contribution in [0.1, 0.15) is 17.5 Å². The third-order valence-corrected chi connectivity index (χ3v) is 3.80. The zero-order chi connectivity index (χ0) is 17.3. The highest BCUT2D eigenvalue weighted by molar-refractivity contribution is 6.31. The van der Waals surface area contributed by atoms with Crippen molar-refractivity contribution in [3.8, 4) is 0 Å². The van der Waals surface area contributed by atoms with Gasteiger partial charge in [0.05, 0.1) is 17.3 Å². The van der Waals surface area contributed by atoms with Gasteiger partial charge in [0, 0.05) is 12.1 Å². The zero-order valence-corrected chi connectivity index (χ0v) is 13.8. The van der Waals surface area contributed by atoms with Crippen molar-refractivity contribution in [2.75, 3.05) is 5.32 Å². The van der Waals surface area contributed by atoms with Crippen LogP contribution in [0.3, 0.4) is 0 Å². The van der Waals surface area contributed by atoms with E-state index in [0.29, 0.717) is 16.5 Å². The van der Waals surface area contributed by atoms with E-state index < -0.39 is 11.9 Å². The summed E-state index contributed by atoms with van der Waals surface area (Å²) >= 11 is 5.95. The molecule has 3 aromatic rings. The number of amides is 2. The molecule has 0 saturated carbocycles. The fourth-order valence-corrected chi connectivity index (χ4v) is 2.41. The van der Waals surface area contributed by atoms with E-state index >= 15 is 0 Å². The average molecular weight is 347 g/mol. The Balaban J connectivity index is 1.72. The molecule has 0 saturated heterocycles. The smallest absolute Gasteiger partial charge is 0.287 e. The quantitative estimate of drug-likeness (QED) is 0.759. The first-order chi connectivity index (χ1) is 11.5. The number of imidazole rings is 1. The molecule has 0 fully saturated rings. The Morgan fingerprint density at radius 3 is 2.83 bits per heavy atom. The average Bonchev–Trinajstić information content (AvgIpc) is 3.16. The Bertz CT molecular complexity index is 902. The molecule has 0 aliphatic rings. The van der Waals surface area contributed by atoms with Gasteiger partial charge in [-0.1, -0.05) is 11.6 Å². The molecular formula is C16H15ClN4O3. The number of halogens is 1. The highest BCUT2D eigenvalue weighted by Crippen LogP contribution is 2.21. The number of nitrogens with zero attached hydrogens (tertiary/aromatic N) is 2. The topological polar surface area (TPSA) is 89.2 Å². The fourth-order valence-electron chi connectivity index (χ4n) is 2.24. The van der Waals surface area contributed by atoms with Crippen molar-refractivity contribution in [3.63, 3.8) is 0 Å². The molecule has 1 atom stereocenters. The SMILES string of the molecule is CC(NC(=O)c1ccco1)C(=O)Nc1nc2cc(Cl)ccc2n1C. The molecule has 0 spiro atoms. The van der Waals surface area contributed by atoms with Crippen molar-refractivity contribution in [3.05, 3.63) is 47.4 Å². The van der Waals surface area contributed by atoms with Crippen LogP contribution in [0.2, 0.25) is 5.02 Å². The van der Waals surface area contributed by atoms with E-state index in [1.807, 2.05) is 6.07 Å². The maximum atomic E-state index is 12.3. The van der Waals surface area contributed by atoms with Gasteiger partial charge in [-0.05, 0) is 37.3 Å². The normalized spacial score (nSPS) is 12.1. The largest absolute Gasteiger partial charge is 0.459 e. The number of furan rings is 1. The van der Waals surface area contributed by atoms with Crippen molar-refractivity contribution in [1.29, 1.82) is 0 Å². The molecule has 3 rings (SSSR count). The molecule has 0 aliphatic carbocycles. The second-order valence-corrected chi connectivity index (χ2v) is 5.73. The summed E-state index contributed by atoms with van der Waals surface area (Å²) in [5.41, 5.74) is 1.51. The Kier molecular flexibility index (Phi) is 4.26. The highest BCUT2D eigenvalue weighted by atomic mass is 35.5. The number of hydrogen-bond donors (Lipinski definition) is 2. The number of aryl methyl sites for hydroxylation is 1. The lowest BCUT2D eigenvalue weighted by Gasteiger charge is -2.13. The van der Waals surface area contributed by atoms with Crippen molar-refractivity contribution < 1.29 is 14.0 Å². The summed E-state index contributed by atoms with van der Waals surface area (Å²) in [5, 5.41) is 5.82. The number of benzene rings is 1. The van der Waals surface area contributed by atoms with Crippen molar-refractivity contribution in [1.82, 2.24) is 14.9 Å². The third kappa shape index (κ3) is 3.11. The highest BCUT2D eigenvalue weighted by Gasteiger charge is 2.20. The van der Waals surface area contributed by atoms with Crippen LogP contribution in [0.4, 0.5) is 5.95 Å². The molecule has 0 aliphatic heterocycles. The number of rotatable bonds is 4. The van der Waals surface area contributed by atoms with Gasteiger partial charge >= 0.3 is 0 Å². The van der Waals surface area contributed by atoms with E-state index in [0.717, 1.165) is 5.52 Å². The summed E-state index contributed by atoms with van der Waals surface area (Å²) in [6.45, 7) is 1.58. The lowest BCUT2D eigenvalue weighted by atomic mass is 10.3. The van der Waals surface area contributed by atoms with E-state index in [4.69, 9.17) is 16.0 Å². The van der Waals surface area contributed by atoms with Gasteiger partial charge in [0.2, 0.25) is 11.9 Å². The van der Waals surface area contributed by atoms with E-state index in [1.54, 1.807) is 36.7 Å². The Morgan fingerprint density at radius 1 is 1.33 bits per heavy atom. The van der Waals surface area contributed by atoms with Gasteiger partial charge in [-0.15, -0.1) is 0 Å². The first-order valence-corrected chi connectivity index (χ1v) is 7.60. The first kappa shape index (κ1) is 16.1. The van der Waals surface area contributed by atoms with Gasteiger partial charge in [-0.3, -0.25) is 14.9 Å². The molecular weight excluding hydrogens is 332 g/mol. The van der Waals surface area contributed by atoms with Crippen LogP contribution in [0.5, 0.6) is 0 Å². The monoisotopic (exact) mass is 346 g/mol. The third-order valence-electron chi connectivity index (χ3n) is 3.56. The zero-order valence-electron chi connectivity index (χ0n) is 13.0. The Morgan fingerprint density at radius 2 is 2.12 bits per heavy atom. The standard InChI is InChI=1S/C16H15ClN4O3/c1-9(18-15(23)13-4-3-7-24-13)14(22)20-16-19-11-8-10(17)5-6-12(11)21(16)2/h3-9H,1-2H3,(H,18,23)(H,19,20,22). The number of carbonyl (C=O) groups is 2. The molecule has 8 heteroatoms. The van der Waals surface area contributed by atoms with Gasteiger partial charge in [-0.25, -0.2) is 4.98 Å². The summed E-state index contributed by atoms with van der Waals surface area (Å²) in [5.74, 6) is -0.331. The van der Waals surface area contributed by atoms with Crippen LogP contribution in [0.15, 0.2) is 41.0 Å². The van der Waals surface area contributed by atoms with Gasteiger partial charge in [0.25, 0.3) is 5.91 Å². The van der Waals surface area contributed by atoms with Gasteiger partial charge < -0.3 is 14.3 Å². The van der Waals surface area contributed by atoms with Gasteiger partial charge in [-0.2, -0.15) is 0 Å². The van der Waals surface area contributed by atoms with Crippen LogP contribution in [-0.4, -0.2) is 27.4 Å². The Labute approximate surface area is 142 Å². The second kappa shape index (κ2) is 6.37. The summed E-state index contributed by atoms with van der Waals surface area (Å²) in [6.07, 6.45) is 1.39. The predicted octanol–water partition coefficient (Wildman–Crippen LogP) is 2.58. The maximum absolute atomic E-state index is 12.3. The van der Waals surface area contributed by atoms with Crippen molar-refractivity contribution >= 4 is 40.4 Å². The number of aromatic nitrogens is 2. The molecule has 1 unspecified atom stereocenters. The molecule has 0 radical (unpaired) electrons. The van der Waals surface area contributed by atoms with E-state index in [2.05, 4.69) is 15.6 Å². The summed E-state index contributed by atoms with van der Waals surface area (Å²) in [7, 11) is 1.78. The summed E-state index contributed by atoms with van der Waals surface area (Å²) in [6, 6.07) is 7.66. The number of nitrogens with one attached hydrogen (secondary N) is 2. The minimum atomic E-state index is -0.758. The molecule has 2 N–H and O–H groups in total.